The van der Waals surface area contributed by atoms with Gasteiger partial charge in [0.1, 0.15) is 5.69 Å². The fourth-order valence-corrected chi connectivity index (χ4v) is 10.7. The van der Waals surface area contributed by atoms with Crippen molar-refractivity contribution >= 4 is 84.8 Å². The lowest BCUT2D eigenvalue weighted by Crippen LogP contribution is -2.40. The lowest BCUT2D eigenvalue weighted by Gasteiger charge is -2.25. The van der Waals surface area contributed by atoms with E-state index in [2.05, 4.69) is 19.9 Å². The number of sulfonamides is 2. The van der Waals surface area contributed by atoms with Gasteiger partial charge in [0.2, 0.25) is 29.1 Å². The van der Waals surface area contributed by atoms with E-state index >= 15 is 4.39 Å². The number of nitrogens with two attached hydrogens (primary N) is 1. The first-order valence-corrected chi connectivity index (χ1v) is 24.0. The minimum Gasteiger partial charge on any atom is -0.396 e. The lowest BCUT2D eigenvalue weighted by molar-refractivity contribution is 0.102. The number of hydrogen-bond donors (Lipinski definition) is 1. The maximum absolute atomic E-state index is 15.5. The summed E-state index contributed by atoms with van der Waals surface area (Å²) < 4.78 is 157. The van der Waals surface area contributed by atoms with E-state index in [1.54, 1.807) is 6.92 Å². The zero-order chi connectivity index (χ0) is 47.0. The van der Waals surface area contributed by atoms with Crippen LogP contribution in [-0.4, -0.2) is 74.0 Å². The van der Waals surface area contributed by atoms with Crippen LogP contribution in [0.25, 0.3) is 22.1 Å². The summed E-state index contributed by atoms with van der Waals surface area (Å²) in [5, 5.41) is 0. The van der Waals surface area contributed by atoms with Crippen LogP contribution in [0.3, 0.4) is 0 Å². The molecule has 0 unspecified atom stereocenters. The van der Waals surface area contributed by atoms with Gasteiger partial charge in [0.05, 0.1) is 56.1 Å². The summed E-state index contributed by atoms with van der Waals surface area (Å²) in [5.41, 5.74) is 2.00. The van der Waals surface area contributed by atoms with E-state index in [9.17, 15) is 56.8 Å². The number of anilines is 2. The molecule has 0 fully saturated rings. The Bertz CT molecular complexity index is 3000. The Morgan fingerprint density at radius 3 is 1.32 bits per heavy atom. The first-order chi connectivity index (χ1) is 29.5. The molecule has 0 saturated heterocycles. The smallest absolute Gasteiger partial charge is 0.248 e. The highest BCUT2D eigenvalue weighted by Crippen LogP contribution is 2.33. The second-order valence-electron chi connectivity index (χ2n) is 13.1. The number of fused-ring (bicyclic) bond motifs is 2. The van der Waals surface area contributed by atoms with E-state index in [1.807, 2.05) is 0 Å². The zero-order valence-electron chi connectivity index (χ0n) is 33.1. The Morgan fingerprint density at radius 1 is 0.556 bits per heavy atom. The van der Waals surface area contributed by atoms with Crippen molar-refractivity contribution < 1.29 is 61.2 Å². The van der Waals surface area contributed by atoms with Crippen molar-refractivity contribution in [3.8, 4) is 0 Å². The van der Waals surface area contributed by atoms with Gasteiger partial charge in [-0.15, -0.1) is 0 Å². The van der Waals surface area contributed by atoms with Gasteiger partial charge < -0.3 is 5.73 Å². The maximum Gasteiger partial charge on any atom is 0.248 e. The predicted octanol–water partition coefficient (Wildman–Crippen LogP) is 7.39. The number of nitrogens with zero attached hydrogens (tertiary/aromatic N) is 5. The summed E-state index contributed by atoms with van der Waals surface area (Å²) in [5.74, 6) is -13.4. The molecule has 0 atom stereocenters. The third-order valence-corrected chi connectivity index (χ3v) is 14.3. The van der Waals surface area contributed by atoms with Crippen LogP contribution in [0.1, 0.15) is 71.9 Å². The number of benzene rings is 4. The van der Waals surface area contributed by atoms with Gasteiger partial charge in [-0.2, -0.15) is 3.71 Å². The number of ketones is 2. The van der Waals surface area contributed by atoms with Gasteiger partial charge in [-0.3, -0.25) is 29.5 Å². The second kappa shape index (κ2) is 20.6. The SMILES string of the molecule is CCCS(=O)(=O)Cl.CCCS(=O)(=O)N(c1cc(F)c(F)c(C(=O)c2ccc3nccnc3c2)c1F)S(=O)(=O)CCC.Nc1cc(F)c(F)c(C(=O)c2ccc3nccnc3c2)c1F. The molecule has 24 heteroatoms. The van der Waals surface area contributed by atoms with Crippen molar-refractivity contribution in [2.75, 3.05) is 26.7 Å². The molecule has 4 aromatic carbocycles. The fourth-order valence-electron chi connectivity index (χ4n) is 5.64. The number of carbonyl (C=O) groups excluding carboxylic acids is 2. The van der Waals surface area contributed by atoms with Gasteiger partial charge in [-0.1, -0.05) is 20.8 Å². The van der Waals surface area contributed by atoms with E-state index in [0.717, 1.165) is 0 Å². The normalized spacial score (nSPS) is 11.7. The molecule has 6 aromatic rings. The van der Waals surface area contributed by atoms with Crippen LogP contribution >= 0.6 is 10.7 Å². The number of hydrogen-bond acceptors (Lipinski definition) is 13. The third kappa shape index (κ3) is 11.8. The predicted molar refractivity (Wildman–Crippen MR) is 224 cm³/mol. The number of halogens is 7. The molecule has 14 nitrogen and oxygen atoms in total. The van der Waals surface area contributed by atoms with Crippen LogP contribution in [0.5, 0.6) is 0 Å². The van der Waals surface area contributed by atoms with Crippen molar-refractivity contribution in [2.24, 2.45) is 0 Å². The summed E-state index contributed by atoms with van der Waals surface area (Å²) in [6.07, 6.45) is 6.13. The monoisotopic (exact) mass is 960 g/mol. The van der Waals surface area contributed by atoms with Gasteiger partial charge in [0.15, 0.2) is 46.5 Å². The Morgan fingerprint density at radius 2 is 0.937 bits per heavy atom. The quantitative estimate of drug-likeness (QED) is 0.0393. The van der Waals surface area contributed by atoms with Crippen molar-refractivity contribution in [2.45, 2.75) is 40.0 Å². The van der Waals surface area contributed by atoms with Crippen LogP contribution in [-0.2, 0) is 29.1 Å². The molecular weight excluding hydrogens is 926 g/mol. The number of nitrogen functional groups attached to an aromatic ring is 1. The number of carbonyl (C=O) groups is 2. The Hall–Kier alpha value is -5.78. The summed E-state index contributed by atoms with van der Waals surface area (Å²) >= 11 is 0. The first-order valence-electron chi connectivity index (χ1n) is 18.3. The number of rotatable bonds is 13. The topological polar surface area (TPSA) is 217 Å². The van der Waals surface area contributed by atoms with E-state index < -0.39 is 110 Å². The largest absolute Gasteiger partial charge is 0.396 e. The summed E-state index contributed by atoms with van der Waals surface area (Å²) in [4.78, 5) is 41.3. The summed E-state index contributed by atoms with van der Waals surface area (Å²) in [6.45, 7) is 4.66. The van der Waals surface area contributed by atoms with E-state index in [-0.39, 0.29) is 45.0 Å². The average Bonchev–Trinajstić information content (AvgIpc) is 3.21. The van der Waals surface area contributed by atoms with Crippen LogP contribution in [0.15, 0.2) is 73.3 Å². The molecule has 0 saturated carbocycles. The fraction of sp³-hybridized carbons (Fsp3) is 0.231. The van der Waals surface area contributed by atoms with Gasteiger partial charge >= 0.3 is 0 Å². The third-order valence-electron chi connectivity index (χ3n) is 8.31. The van der Waals surface area contributed by atoms with Gasteiger partial charge in [-0.25, -0.2) is 51.6 Å². The Labute approximate surface area is 361 Å². The minimum atomic E-state index is -4.71. The molecular formula is C39H35ClF6N6O8S3. The van der Waals surface area contributed by atoms with E-state index in [1.165, 1.54) is 75.0 Å². The molecule has 0 spiro atoms. The van der Waals surface area contributed by atoms with Crippen LogP contribution in [0.2, 0.25) is 0 Å². The molecule has 2 aromatic heterocycles. The Kier molecular flexibility index (Phi) is 16.3. The lowest BCUT2D eigenvalue weighted by atomic mass is 10.0. The second-order valence-corrected chi connectivity index (χ2v) is 20.1. The van der Waals surface area contributed by atoms with Crippen LogP contribution in [0, 0.1) is 34.9 Å². The molecule has 0 aliphatic heterocycles. The summed E-state index contributed by atoms with van der Waals surface area (Å²) in [6, 6.07) is 8.46. The van der Waals surface area contributed by atoms with Crippen molar-refractivity contribution in [1.82, 2.24) is 19.9 Å². The highest BCUT2D eigenvalue weighted by Gasteiger charge is 2.38. The molecule has 0 radical (unpaired) electrons. The van der Waals surface area contributed by atoms with Crippen LogP contribution < -0.4 is 9.44 Å². The van der Waals surface area contributed by atoms with E-state index in [4.69, 9.17) is 16.4 Å². The molecule has 0 bridgehead atoms. The molecule has 336 valence electrons. The molecule has 0 aliphatic carbocycles. The first kappa shape index (κ1) is 49.9. The summed E-state index contributed by atoms with van der Waals surface area (Å²) in [7, 11) is -7.81. The van der Waals surface area contributed by atoms with Crippen molar-refractivity contribution in [3.05, 3.63) is 130 Å². The van der Waals surface area contributed by atoms with Gasteiger partial charge in [0, 0.05) is 58.7 Å². The van der Waals surface area contributed by atoms with Crippen molar-refractivity contribution in [1.29, 1.82) is 0 Å². The zero-order valence-corrected chi connectivity index (χ0v) is 36.3. The van der Waals surface area contributed by atoms with Gasteiger partial charge in [-0.05, 0) is 55.7 Å². The number of aromatic nitrogens is 4. The maximum atomic E-state index is 15.5. The molecule has 0 aliphatic rings. The highest BCUT2D eigenvalue weighted by atomic mass is 35.7. The standard InChI is InChI=1S/C21H20F3N3O5S2.C15H8F3N3O.C3H7ClO2S/c1-3-9-33(29,30)27(34(31,32)10-4-2)17-12-14(22)19(23)18(20(17)24)21(28)13-5-6-15-16(11-13)26-8-7-25-15;16-8-6-9(19)14(18)12(13(8)17)15(22)7-1-2-10-11(5-7)21-4-3-20-10;1-2-3-7(4,5)6/h5-8,11-12H,3-4,9-10H2,1-2H3;1-6H,19H2;2-3H2,1H3. The van der Waals surface area contributed by atoms with Crippen LogP contribution in [0.4, 0.5) is 37.7 Å². The Balaban J connectivity index is 0.000000255. The molecule has 6 rings (SSSR count). The minimum absolute atomic E-state index is 0.0321. The highest BCUT2D eigenvalue weighted by molar-refractivity contribution is 8.13. The van der Waals surface area contributed by atoms with Gasteiger partial charge in [0.25, 0.3) is 0 Å². The van der Waals surface area contributed by atoms with Crippen molar-refractivity contribution in [3.63, 3.8) is 0 Å². The molecule has 63 heavy (non-hydrogen) atoms. The molecule has 0 amide bonds. The van der Waals surface area contributed by atoms with E-state index in [0.29, 0.717) is 29.0 Å². The molecule has 2 heterocycles. The molecule has 2 N–H and O–H groups in total. The average molecular weight is 961 g/mol.